The number of nitrogens with one attached hydrogen (secondary N) is 1. The number of fused-ring (bicyclic) bond motifs is 3. The molecule has 200 valence electrons. The molecule has 0 aliphatic carbocycles. The number of rotatable bonds is 10. The van der Waals surface area contributed by atoms with E-state index in [9.17, 15) is 18.0 Å². The predicted molar refractivity (Wildman–Crippen MR) is 134 cm³/mol. The number of hydrogen-bond acceptors (Lipinski definition) is 6. The number of aromatic nitrogens is 1. The molecule has 0 saturated carbocycles. The molecule has 11 heteroatoms. The fraction of sp³-hybridized carbons (Fsp3) is 0.423. The van der Waals surface area contributed by atoms with Gasteiger partial charge in [0, 0.05) is 36.6 Å². The van der Waals surface area contributed by atoms with E-state index in [0.29, 0.717) is 36.0 Å². The van der Waals surface area contributed by atoms with Crippen LogP contribution in [0, 0.1) is 0 Å². The Kier molecular flexibility index (Phi) is 8.20. The lowest BCUT2D eigenvalue weighted by Gasteiger charge is -2.17. The first-order valence-corrected chi connectivity index (χ1v) is 12.4. The van der Waals surface area contributed by atoms with E-state index >= 15 is 0 Å². The van der Waals surface area contributed by atoms with Crippen molar-refractivity contribution in [2.24, 2.45) is 5.73 Å². The Hall–Kier alpha value is -2.95. The molecular weight excluding hydrogens is 511 g/mol. The Morgan fingerprint density at radius 1 is 1.24 bits per heavy atom. The molecule has 1 unspecified atom stereocenters. The van der Waals surface area contributed by atoms with E-state index in [1.54, 1.807) is 32.0 Å². The maximum Gasteiger partial charge on any atom is 0.419 e. The van der Waals surface area contributed by atoms with Gasteiger partial charge in [0.1, 0.15) is 18.1 Å². The number of alkyl halides is 3. The van der Waals surface area contributed by atoms with Crippen LogP contribution in [-0.2, 0) is 29.0 Å². The number of nitrogens with two attached hydrogens (primary N) is 1. The number of carbonyl (C=O) groups excluding carboxylic acids is 1. The maximum atomic E-state index is 13.6. The molecule has 4 rings (SSSR count). The zero-order chi connectivity index (χ0) is 26.7. The standard InChI is InChI=1S/C26H29ClF3N3O4/c1-15(2)36-22-6-3-16(11-20(22)26(28,29)30)14-35-18-4-5-21-19(13-18)24(27)25-17(7-10-33(21)25)12-23(34)37-32-9-8-31/h3-6,11,13,15,17,32H,7-10,12,14,31H2,1-2H3. The smallest absolute Gasteiger partial charge is 0.419 e. The van der Waals surface area contributed by atoms with Crippen LogP contribution in [0.3, 0.4) is 0 Å². The highest BCUT2D eigenvalue weighted by Crippen LogP contribution is 2.44. The molecule has 0 radical (unpaired) electrons. The van der Waals surface area contributed by atoms with Gasteiger partial charge in [0.25, 0.3) is 0 Å². The highest BCUT2D eigenvalue weighted by molar-refractivity contribution is 6.36. The number of ether oxygens (including phenoxy) is 2. The van der Waals surface area contributed by atoms with Crippen molar-refractivity contribution < 1.29 is 32.3 Å². The topological polar surface area (TPSA) is 87.7 Å². The molecule has 0 saturated heterocycles. The highest BCUT2D eigenvalue weighted by atomic mass is 35.5. The summed E-state index contributed by atoms with van der Waals surface area (Å²) in [5.41, 5.74) is 9.19. The van der Waals surface area contributed by atoms with E-state index in [1.807, 2.05) is 6.07 Å². The third-order valence-electron chi connectivity index (χ3n) is 6.06. The first kappa shape index (κ1) is 27.1. The van der Waals surface area contributed by atoms with Gasteiger partial charge in [-0.05, 0) is 56.2 Å². The molecule has 1 aliphatic rings. The Labute approximate surface area is 217 Å². The molecule has 0 fully saturated rings. The summed E-state index contributed by atoms with van der Waals surface area (Å²) in [5.74, 6) is -0.225. The van der Waals surface area contributed by atoms with Gasteiger partial charge in [0.2, 0.25) is 0 Å². The monoisotopic (exact) mass is 539 g/mol. The minimum Gasteiger partial charge on any atom is -0.490 e. The van der Waals surface area contributed by atoms with Gasteiger partial charge in [0.05, 0.1) is 28.6 Å². The number of aryl methyl sites for hydroxylation is 1. The summed E-state index contributed by atoms with van der Waals surface area (Å²) in [6, 6.07) is 9.30. The number of hydrogen-bond donors (Lipinski definition) is 2. The Bertz CT molecular complexity index is 1280. The summed E-state index contributed by atoms with van der Waals surface area (Å²) in [4.78, 5) is 17.2. The second kappa shape index (κ2) is 11.2. The van der Waals surface area contributed by atoms with Crippen LogP contribution < -0.4 is 20.7 Å². The van der Waals surface area contributed by atoms with E-state index in [1.165, 1.54) is 6.07 Å². The molecule has 37 heavy (non-hydrogen) atoms. The largest absolute Gasteiger partial charge is 0.490 e. The van der Waals surface area contributed by atoms with Crippen molar-refractivity contribution in [2.75, 3.05) is 13.1 Å². The van der Waals surface area contributed by atoms with E-state index in [0.717, 1.165) is 29.1 Å². The summed E-state index contributed by atoms with van der Waals surface area (Å²) >= 11 is 6.73. The molecule has 2 aromatic carbocycles. The lowest BCUT2D eigenvalue weighted by Crippen LogP contribution is -2.26. The summed E-state index contributed by atoms with van der Waals surface area (Å²) in [5, 5.41) is 1.28. The fourth-order valence-electron chi connectivity index (χ4n) is 4.51. The van der Waals surface area contributed by atoms with Gasteiger partial charge in [-0.1, -0.05) is 17.7 Å². The summed E-state index contributed by atoms with van der Waals surface area (Å²) in [6.07, 6.45) is -4.01. The van der Waals surface area contributed by atoms with Crippen molar-refractivity contribution in [3.63, 3.8) is 0 Å². The summed E-state index contributed by atoms with van der Waals surface area (Å²) in [6.45, 7) is 4.70. The number of benzene rings is 2. The highest BCUT2D eigenvalue weighted by Gasteiger charge is 2.35. The Morgan fingerprint density at radius 3 is 2.73 bits per heavy atom. The average Bonchev–Trinajstić information content (AvgIpc) is 3.36. The normalized spacial score (nSPS) is 15.3. The zero-order valence-electron chi connectivity index (χ0n) is 20.5. The third-order valence-corrected chi connectivity index (χ3v) is 6.46. The zero-order valence-corrected chi connectivity index (χ0v) is 21.3. The predicted octanol–water partition coefficient (Wildman–Crippen LogP) is 5.56. The van der Waals surface area contributed by atoms with Gasteiger partial charge in [-0.25, -0.2) is 0 Å². The maximum absolute atomic E-state index is 13.6. The molecule has 3 N–H and O–H groups in total. The molecule has 1 atom stereocenters. The summed E-state index contributed by atoms with van der Waals surface area (Å²) < 4.78 is 53.9. The number of carbonyl (C=O) groups is 1. The lowest BCUT2D eigenvalue weighted by molar-refractivity contribution is -0.151. The molecule has 1 aromatic heterocycles. The minimum atomic E-state index is -4.55. The van der Waals surface area contributed by atoms with Crippen LogP contribution >= 0.6 is 11.6 Å². The van der Waals surface area contributed by atoms with Crippen molar-refractivity contribution >= 4 is 28.5 Å². The van der Waals surface area contributed by atoms with E-state index in [2.05, 4.69) is 10.0 Å². The van der Waals surface area contributed by atoms with Crippen molar-refractivity contribution in [2.45, 2.75) is 58.0 Å². The Morgan fingerprint density at radius 2 is 2.03 bits per heavy atom. The van der Waals surface area contributed by atoms with Crippen LogP contribution in [-0.4, -0.2) is 29.7 Å². The van der Waals surface area contributed by atoms with Gasteiger partial charge in [-0.2, -0.15) is 18.7 Å². The molecule has 0 amide bonds. The molecule has 3 aromatic rings. The molecular formula is C26H29ClF3N3O4. The van der Waals surface area contributed by atoms with E-state index < -0.39 is 11.7 Å². The lowest BCUT2D eigenvalue weighted by atomic mass is 10.0. The van der Waals surface area contributed by atoms with Crippen LogP contribution in [0.4, 0.5) is 13.2 Å². The third kappa shape index (κ3) is 6.14. The second-order valence-electron chi connectivity index (χ2n) is 9.16. The quantitative estimate of drug-likeness (QED) is 0.259. The summed E-state index contributed by atoms with van der Waals surface area (Å²) in [7, 11) is 0. The van der Waals surface area contributed by atoms with Gasteiger partial charge < -0.3 is 24.6 Å². The van der Waals surface area contributed by atoms with Crippen LogP contribution in [0.15, 0.2) is 36.4 Å². The number of nitrogens with zero attached hydrogens (tertiary/aromatic N) is 1. The van der Waals surface area contributed by atoms with Crippen LogP contribution in [0.5, 0.6) is 11.5 Å². The van der Waals surface area contributed by atoms with Gasteiger partial charge in [-0.15, -0.1) is 0 Å². The average molecular weight is 540 g/mol. The van der Waals surface area contributed by atoms with Gasteiger partial charge >= 0.3 is 12.1 Å². The van der Waals surface area contributed by atoms with Crippen LogP contribution in [0.2, 0.25) is 5.02 Å². The number of hydroxylamine groups is 1. The Balaban J connectivity index is 1.50. The minimum absolute atomic E-state index is 0.0635. The first-order chi connectivity index (χ1) is 17.6. The number of halogens is 4. The van der Waals surface area contributed by atoms with Crippen molar-refractivity contribution in [3.05, 3.63) is 58.2 Å². The first-order valence-electron chi connectivity index (χ1n) is 12.0. The van der Waals surface area contributed by atoms with Crippen LogP contribution in [0.1, 0.15) is 49.4 Å². The SMILES string of the molecule is CC(C)Oc1ccc(COc2ccc3c(c2)c(Cl)c2n3CCC2CC(=O)ONCCN)cc1C(F)(F)F. The van der Waals surface area contributed by atoms with Crippen molar-refractivity contribution in [1.82, 2.24) is 10.0 Å². The molecule has 1 aliphatic heterocycles. The van der Waals surface area contributed by atoms with E-state index in [4.69, 9.17) is 31.6 Å². The molecule has 2 heterocycles. The molecule has 7 nitrogen and oxygen atoms in total. The van der Waals surface area contributed by atoms with Gasteiger partial charge in [-0.3, -0.25) is 4.79 Å². The second-order valence-corrected chi connectivity index (χ2v) is 9.54. The molecule has 0 spiro atoms. The van der Waals surface area contributed by atoms with Gasteiger partial charge in [0.15, 0.2) is 0 Å². The molecule has 0 bridgehead atoms. The van der Waals surface area contributed by atoms with Crippen molar-refractivity contribution in [3.8, 4) is 11.5 Å². The van der Waals surface area contributed by atoms with E-state index in [-0.39, 0.29) is 36.8 Å². The van der Waals surface area contributed by atoms with Crippen molar-refractivity contribution in [1.29, 1.82) is 0 Å². The fourth-order valence-corrected chi connectivity index (χ4v) is 4.92. The van der Waals surface area contributed by atoms with Crippen LogP contribution in [0.25, 0.3) is 10.9 Å².